The van der Waals surface area contributed by atoms with Crippen molar-refractivity contribution in [3.8, 4) is 22.9 Å². The molecule has 0 N–H and O–H groups in total. The molecule has 0 bridgehead atoms. The Balaban J connectivity index is 1.38. The van der Waals surface area contributed by atoms with Crippen molar-refractivity contribution in [2.45, 2.75) is 0 Å². The minimum absolute atomic E-state index is 0.657. The molecule has 0 aliphatic heterocycles. The zero-order chi connectivity index (χ0) is 30.9. The first-order valence-electron chi connectivity index (χ1n) is 15.6. The first-order valence-corrected chi connectivity index (χ1v) is 17.6. The average Bonchev–Trinajstić information content (AvgIpc) is 3.48. The monoisotopic (exact) mass is 602 g/mol. The Morgan fingerprint density at radius 3 is 1.33 bits per heavy atom. The first-order chi connectivity index (χ1) is 22.8. The largest absolute Gasteiger partial charge is 0.309 e. The van der Waals surface area contributed by atoms with Gasteiger partial charge in [0.05, 0.1) is 28.4 Å². The van der Waals surface area contributed by atoms with E-state index in [1.165, 1.54) is 31.5 Å². The minimum atomic E-state index is -2.66. The summed E-state index contributed by atoms with van der Waals surface area (Å²) in [5.74, 6) is 0. The molecule has 0 radical (unpaired) electrons. The van der Waals surface area contributed by atoms with E-state index in [0.29, 0.717) is 5.56 Å². The molecule has 216 valence electrons. The summed E-state index contributed by atoms with van der Waals surface area (Å²) in [7, 11) is -2.66. The second kappa shape index (κ2) is 11.5. The van der Waals surface area contributed by atoms with E-state index in [-0.39, 0.29) is 0 Å². The number of nitrogens with zero attached hydrogens (tertiary/aromatic N) is 2. The van der Waals surface area contributed by atoms with E-state index in [1.807, 2.05) is 12.1 Å². The van der Waals surface area contributed by atoms with E-state index >= 15 is 0 Å². The van der Waals surface area contributed by atoms with Gasteiger partial charge < -0.3 is 4.57 Å². The standard InChI is InChI=1S/C43H30N2Si/c44-31-33-15-14-26-42(45-40-24-12-10-22-38(40)39-23-11-13-25-41(39)45)43(33)32-27-29-37(30-28-32)46(34-16-4-1-5-17-34,35-18-6-2-7-19-35)36-20-8-3-9-21-36/h1-30H. The zero-order valence-electron chi connectivity index (χ0n) is 25.2. The lowest BCUT2D eigenvalue weighted by atomic mass is 9.98. The molecular weight excluding hydrogens is 573 g/mol. The van der Waals surface area contributed by atoms with Gasteiger partial charge in [-0.1, -0.05) is 158 Å². The Kier molecular flexibility index (Phi) is 6.91. The lowest BCUT2D eigenvalue weighted by Crippen LogP contribution is -2.74. The van der Waals surface area contributed by atoms with E-state index in [2.05, 4.69) is 180 Å². The molecule has 0 saturated heterocycles. The van der Waals surface area contributed by atoms with Crippen LogP contribution < -0.4 is 20.7 Å². The van der Waals surface area contributed by atoms with Crippen LogP contribution in [0.4, 0.5) is 0 Å². The number of hydrogen-bond donors (Lipinski definition) is 0. The quantitative estimate of drug-likeness (QED) is 0.142. The zero-order valence-corrected chi connectivity index (χ0v) is 26.2. The third-order valence-electron chi connectivity index (χ3n) is 9.21. The van der Waals surface area contributed by atoms with Crippen LogP contribution in [0.1, 0.15) is 5.56 Å². The predicted molar refractivity (Wildman–Crippen MR) is 195 cm³/mol. The first kappa shape index (κ1) is 27.6. The van der Waals surface area contributed by atoms with Crippen LogP contribution in [-0.4, -0.2) is 12.6 Å². The third kappa shape index (κ3) is 4.31. The maximum atomic E-state index is 10.4. The van der Waals surface area contributed by atoms with Crippen LogP contribution in [0.2, 0.25) is 0 Å². The Hall–Kier alpha value is -5.95. The molecule has 0 spiro atoms. The molecule has 8 aromatic rings. The van der Waals surface area contributed by atoms with Gasteiger partial charge in [-0.3, -0.25) is 0 Å². The molecule has 2 nitrogen and oxygen atoms in total. The Morgan fingerprint density at radius 2 is 0.848 bits per heavy atom. The lowest BCUT2D eigenvalue weighted by Gasteiger charge is -2.34. The summed E-state index contributed by atoms with van der Waals surface area (Å²) in [5.41, 5.74) is 5.87. The van der Waals surface area contributed by atoms with Crippen molar-refractivity contribution in [3.05, 3.63) is 188 Å². The molecule has 0 amide bonds. The van der Waals surface area contributed by atoms with Crippen LogP contribution in [0.5, 0.6) is 0 Å². The molecule has 8 rings (SSSR count). The molecule has 0 saturated carbocycles. The SMILES string of the molecule is N#Cc1cccc(-n2c3ccccc3c3ccccc32)c1-c1ccc([Si](c2ccccc2)(c2ccccc2)c2ccccc2)cc1. The molecule has 0 unspecified atom stereocenters. The second-order valence-corrected chi connectivity index (χ2v) is 15.4. The Morgan fingerprint density at radius 1 is 0.413 bits per heavy atom. The van der Waals surface area contributed by atoms with Crippen LogP contribution in [0.3, 0.4) is 0 Å². The molecule has 7 aromatic carbocycles. The fourth-order valence-corrected chi connectivity index (χ4v) is 12.0. The van der Waals surface area contributed by atoms with Crippen LogP contribution in [0.25, 0.3) is 38.6 Å². The number of nitriles is 1. The van der Waals surface area contributed by atoms with Gasteiger partial charge in [-0.05, 0) is 50.6 Å². The summed E-state index contributed by atoms with van der Waals surface area (Å²) < 4.78 is 2.31. The third-order valence-corrected chi connectivity index (χ3v) is 14.0. The lowest BCUT2D eigenvalue weighted by molar-refractivity contribution is 1.18. The van der Waals surface area contributed by atoms with E-state index in [9.17, 15) is 5.26 Å². The van der Waals surface area contributed by atoms with Gasteiger partial charge in [0.1, 0.15) is 0 Å². The van der Waals surface area contributed by atoms with Crippen LogP contribution in [0, 0.1) is 11.3 Å². The molecule has 1 heterocycles. The number of fused-ring (bicyclic) bond motifs is 3. The number of hydrogen-bond acceptors (Lipinski definition) is 1. The molecule has 0 aliphatic carbocycles. The summed E-state index contributed by atoms with van der Waals surface area (Å²) in [6.45, 7) is 0. The van der Waals surface area contributed by atoms with Crippen molar-refractivity contribution in [3.63, 3.8) is 0 Å². The fraction of sp³-hybridized carbons (Fsp3) is 0. The second-order valence-electron chi connectivity index (χ2n) is 11.6. The highest BCUT2D eigenvalue weighted by Gasteiger charge is 2.41. The van der Waals surface area contributed by atoms with Gasteiger partial charge >= 0.3 is 0 Å². The number of para-hydroxylation sites is 2. The van der Waals surface area contributed by atoms with Crippen molar-refractivity contribution in [2.24, 2.45) is 0 Å². The van der Waals surface area contributed by atoms with Gasteiger partial charge in [0, 0.05) is 16.3 Å². The summed E-state index contributed by atoms with van der Waals surface area (Å²) >= 11 is 0. The van der Waals surface area contributed by atoms with E-state index < -0.39 is 8.07 Å². The van der Waals surface area contributed by atoms with Crippen molar-refractivity contribution < 1.29 is 0 Å². The summed E-state index contributed by atoms with van der Waals surface area (Å²) in [6, 6.07) is 67.6. The smallest absolute Gasteiger partial charge is 0.179 e. The normalized spacial score (nSPS) is 11.5. The Bertz CT molecular complexity index is 2200. The topological polar surface area (TPSA) is 28.7 Å². The average molecular weight is 603 g/mol. The van der Waals surface area contributed by atoms with Crippen LogP contribution in [-0.2, 0) is 0 Å². The van der Waals surface area contributed by atoms with Crippen LogP contribution in [0.15, 0.2) is 182 Å². The van der Waals surface area contributed by atoms with Crippen molar-refractivity contribution in [1.29, 1.82) is 5.26 Å². The molecular formula is C43H30N2Si. The van der Waals surface area contributed by atoms with Gasteiger partial charge in [0.2, 0.25) is 0 Å². The molecule has 1 aromatic heterocycles. The van der Waals surface area contributed by atoms with Crippen LogP contribution >= 0.6 is 0 Å². The summed E-state index contributed by atoms with van der Waals surface area (Å²) in [5, 5.41) is 18.1. The van der Waals surface area contributed by atoms with Crippen molar-refractivity contribution >= 4 is 50.6 Å². The highest BCUT2D eigenvalue weighted by Crippen LogP contribution is 2.37. The summed E-state index contributed by atoms with van der Waals surface area (Å²) in [6.07, 6.45) is 0. The summed E-state index contributed by atoms with van der Waals surface area (Å²) in [4.78, 5) is 0. The molecule has 0 atom stereocenters. The van der Waals surface area contributed by atoms with Gasteiger partial charge in [-0.2, -0.15) is 5.26 Å². The fourth-order valence-electron chi connectivity index (χ4n) is 7.26. The minimum Gasteiger partial charge on any atom is -0.309 e. The van der Waals surface area contributed by atoms with E-state index in [0.717, 1.165) is 27.8 Å². The van der Waals surface area contributed by atoms with Gasteiger partial charge in [0.25, 0.3) is 0 Å². The van der Waals surface area contributed by atoms with E-state index in [1.54, 1.807) is 0 Å². The maximum absolute atomic E-state index is 10.4. The maximum Gasteiger partial charge on any atom is 0.179 e. The molecule has 0 fully saturated rings. The predicted octanol–water partition coefficient (Wildman–Crippen LogP) is 7.70. The van der Waals surface area contributed by atoms with Crippen molar-refractivity contribution in [2.75, 3.05) is 0 Å². The molecule has 3 heteroatoms. The highest BCUT2D eigenvalue weighted by atomic mass is 28.3. The van der Waals surface area contributed by atoms with Gasteiger partial charge in [-0.15, -0.1) is 0 Å². The van der Waals surface area contributed by atoms with Gasteiger partial charge in [-0.25, -0.2) is 0 Å². The highest BCUT2D eigenvalue weighted by molar-refractivity contribution is 7.19. The number of aromatic nitrogens is 1. The van der Waals surface area contributed by atoms with Crippen molar-refractivity contribution in [1.82, 2.24) is 4.57 Å². The molecule has 46 heavy (non-hydrogen) atoms. The molecule has 0 aliphatic rings. The van der Waals surface area contributed by atoms with Gasteiger partial charge in [0.15, 0.2) is 8.07 Å². The Labute approximate surface area is 270 Å². The van der Waals surface area contributed by atoms with E-state index in [4.69, 9.17) is 0 Å². The number of rotatable bonds is 6. The number of benzene rings is 7.